The SMILES string of the molecule is Cc1nc(-c2ccccc2[N+](=O)[O-])[nH]c(=O)c1CC(=O)O. The van der Waals surface area contributed by atoms with E-state index in [0.29, 0.717) is 0 Å². The molecule has 2 N–H and O–H groups in total. The number of H-pyrrole nitrogens is 1. The molecule has 8 nitrogen and oxygen atoms in total. The van der Waals surface area contributed by atoms with Crippen LogP contribution in [0.15, 0.2) is 29.1 Å². The van der Waals surface area contributed by atoms with Crippen LogP contribution in [0, 0.1) is 17.0 Å². The van der Waals surface area contributed by atoms with Gasteiger partial charge in [-0.25, -0.2) is 4.98 Å². The molecule has 1 aromatic carbocycles. The van der Waals surface area contributed by atoms with Crippen LogP contribution in [0.3, 0.4) is 0 Å². The lowest BCUT2D eigenvalue weighted by Crippen LogP contribution is -2.20. The number of nitrogens with one attached hydrogen (secondary N) is 1. The number of nitro groups is 1. The quantitative estimate of drug-likeness (QED) is 0.645. The minimum Gasteiger partial charge on any atom is -0.481 e. The van der Waals surface area contributed by atoms with Gasteiger partial charge in [0.25, 0.3) is 11.2 Å². The van der Waals surface area contributed by atoms with E-state index in [1.807, 2.05) is 0 Å². The molecule has 0 radical (unpaired) electrons. The van der Waals surface area contributed by atoms with Crippen LogP contribution in [0.1, 0.15) is 11.3 Å². The number of aryl methyl sites for hydroxylation is 1. The Labute approximate surface area is 118 Å². The van der Waals surface area contributed by atoms with E-state index < -0.39 is 22.9 Å². The van der Waals surface area contributed by atoms with Crippen LogP contribution in [-0.4, -0.2) is 26.0 Å². The molecule has 0 bridgehead atoms. The van der Waals surface area contributed by atoms with Crippen LogP contribution >= 0.6 is 0 Å². The molecule has 0 spiro atoms. The summed E-state index contributed by atoms with van der Waals surface area (Å²) >= 11 is 0. The number of carbonyl (C=O) groups is 1. The van der Waals surface area contributed by atoms with Gasteiger partial charge in [0.2, 0.25) is 0 Å². The van der Waals surface area contributed by atoms with E-state index >= 15 is 0 Å². The number of aromatic amines is 1. The van der Waals surface area contributed by atoms with Crippen LogP contribution in [0.25, 0.3) is 11.4 Å². The van der Waals surface area contributed by atoms with E-state index in [2.05, 4.69) is 9.97 Å². The maximum Gasteiger partial charge on any atom is 0.308 e. The van der Waals surface area contributed by atoms with Gasteiger partial charge in [0.1, 0.15) is 5.82 Å². The van der Waals surface area contributed by atoms with Crippen molar-refractivity contribution >= 4 is 11.7 Å². The molecular weight excluding hydrogens is 278 g/mol. The summed E-state index contributed by atoms with van der Waals surface area (Å²) in [5.74, 6) is -1.11. The number of benzene rings is 1. The van der Waals surface area contributed by atoms with Crippen molar-refractivity contribution in [3.05, 3.63) is 56.0 Å². The van der Waals surface area contributed by atoms with Crippen LogP contribution in [0.4, 0.5) is 5.69 Å². The van der Waals surface area contributed by atoms with Gasteiger partial charge in [-0.3, -0.25) is 19.7 Å². The van der Waals surface area contributed by atoms with Gasteiger partial charge in [-0.2, -0.15) is 0 Å². The molecule has 0 unspecified atom stereocenters. The third-order valence-electron chi connectivity index (χ3n) is 2.91. The molecular formula is C13H11N3O5. The van der Waals surface area contributed by atoms with Crippen LogP contribution in [-0.2, 0) is 11.2 Å². The molecule has 0 fully saturated rings. The molecule has 0 atom stereocenters. The molecule has 0 amide bonds. The number of hydrogen-bond donors (Lipinski definition) is 2. The largest absolute Gasteiger partial charge is 0.481 e. The number of carboxylic acid groups (broad SMARTS) is 1. The topological polar surface area (TPSA) is 126 Å². The number of nitro benzene ring substituents is 1. The first-order chi connectivity index (χ1) is 9.90. The molecule has 0 aliphatic heterocycles. The Bertz CT molecular complexity index is 782. The van der Waals surface area contributed by atoms with Crippen molar-refractivity contribution in [3.8, 4) is 11.4 Å². The first kappa shape index (κ1) is 14.4. The molecule has 0 saturated heterocycles. The van der Waals surface area contributed by atoms with Crippen LogP contribution < -0.4 is 5.56 Å². The predicted molar refractivity (Wildman–Crippen MR) is 73.0 cm³/mol. The molecule has 8 heteroatoms. The lowest BCUT2D eigenvalue weighted by molar-refractivity contribution is -0.384. The summed E-state index contributed by atoms with van der Waals surface area (Å²) in [6.45, 7) is 1.49. The second-order valence-electron chi connectivity index (χ2n) is 4.32. The van der Waals surface area contributed by atoms with Crippen molar-refractivity contribution < 1.29 is 14.8 Å². The van der Waals surface area contributed by atoms with Crippen molar-refractivity contribution in [2.45, 2.75) is 13.3 Å². The van der Waals surface area contributed by atoms with Crippen molar-refractivity contribution in [1.29, 1.82) is 0 Å². The normalized spacial score (nSPS) is 10.3. The fourth-order valence-electron chi connectivity index (χ4n) is 1.93. The zero-order chi connectivity index (χ0) is 15.6. The number of carboxylic acids is 1. The van der Waals surface area contributed by atoms with Gasteiger partial charge in [0, 0.05) is 17.3 Å². The van der Waals surface area contributed by atoms with Crippen molar-refractivity contribution in [2.75, 3.05) is 0 Å². The Hall–Kier alpha value is -3.03. The first-order valence-electron chi connectivity index (χ1n) is 5.95. The third kappa shape index (κ3) is 2.94. The number of aromatic nitrogens is 2. The van der Waals surface area contributed by atoms with E-state index in [1.54, 1.807) is 6.07 Å². The first-order valence-corrected chi connectivity index (χ1v) is 5.95. The number of aliphatic carboxylic acids is 1. The summed E-state index contributed by atoms with van der Waals surface area (Å²) in [7, 11) is 0. The van der Waals surface area contributed by atoms with Gasteiger partial charge in [-0.15, -0.1) is 0 Å². The monoisotopic (exact) mass is 289 g/mol. The standard InChI is InChI=1S/C13H11N3O5/c1-7-9(6-11(17)18)13(19)15-12(14-7)8-4-2-3-5-10(8)16(20)21/h2-5H,6H2,1H3,(H,17,18)(H,14,15,19). The Kier molecular flexibility index (Phi) is 3.79. The van der Waals surface area contributed by atoms with Crippen LogP contribution in [0.5, 0.6) is 0 Å². The second kappa shape index (κ2) is 5.53. The van der Waals surface area contributed by atoms with E-state index in [1.165, 1.54) is 25.1 Å². The summed E-state index contributed by atoms with van der Waals surface area (Å²) in [5, 5.41) is 19.7. The average Bonchev–Trinajstić information content (AvgIpc) is 2.42. The highest BCUT2D eigenvalue weighted by atomic mass is 16.6. The second-order valence-corrected chi connectivity index (χ2v) is 4.32. The van der Waals surface area contributed by atoms with Crippen molar-refractivity contribution in [3.63, 3.8) is 0 Å². The molecule has 0 aliphatic rings. The zero-order valence-electron chi connectivity index (χ0n) is 11.0. The van der Waals surface area contributed by atoms with Crippen LogP contribution in [0.2, 0.25) is 0 Å². The lowest BCUT2D eigenvalue weighted by Gasteiger charge is -2.06. The number of nitrogens with zero attached hydrogens (tertiary/aromatic N) is 2. The number of para-hydroxylation sites is 1. The predicted octanol–water partition coefficient (Wildman–Crippen LogP) is 1.28. The summed E-state index contributed by atoms with van der Waals surface area (Å²) in [6, 6.07) is 5.86. The Morgan fingerprint density at radius 3 is 2.67 bits per heavy atom. The minimum atomic E-state index is -1.15. The van der Waals surface area contributed by atoms with Gasteiger partial charge in [-0.05, 0) is 13.0 Å². The van der Waals surface area contributed by atoms with Crippen molar-refractivity contribution in [2.24, 2.45) is 0 Å². The fraction of sp³-hybridized carbons (Fsp3) is 0.154. The third-order valence-corrected chi connectivity index (χ3v) is 2.91. The maximum absolute atomic E-state index is 11.9. The van der Waals surface area contributed by atoms with E-state index in [0.717, 1.165) is 0 Å². The molecule has 2 aromatic rings. The van der Waals surface area contributed by atoms with E-state index in [9.17, 15) is 19.7 Å². The summed E-state index contributed by atoms with van der Waals surface area (Å²) < 4.78 is 0. The van der Waals surface area contributed by atoms with E-state index in [4.69, 9.17) is 5.11 Å². The summed E-state index contributed by atoms with van der Waals surface area (Å²) in [6.07, 6.45) is -0.453. The fourth-order valence-corrected chi connectivity index (χ4v) is 1.93. The minimum absolute atomic E-state index is 0.0323. The molecule has 2 rings (SSSR count). The molecule has 21 heavy (non-hydrogen) atoms. The smallest absolute Gasteiger partial charge is 0.308 e. The van der Waals surface area contributed by atoms with E-state index in [-0.39, 0.29) is 28.3 Å². The lowest BCUT2D eigenvalue weighted by atomic mass is 10.1. The maximum atomic E-state index is 11.9. The molecule has 0 saturated carbocycles. The molecule has 1 aromatic heterocycles. The number of hydrogen-bond acceptors (Lipinski definition) is 5. The Morgan fingerprint density at radius 2 is 2.10 bits per heavy atom. The molecule has 0 aliphatic carbocycles. The highest BCUT2D eigenvalue weighted by Gasteiger charge is 2.18. The number of rotatable bonds is 4. The average molecular weight is 289 g/mol. The van der Waals surface area contributed by atoms with Gasteiger partial charge >= 0.3 is 5.97 Å². The molecule has 108 valence electrons. The zero-order valence-corrected chi connectivity index (χ0v) is 11.0. The highest BCUT2D eigenvalue weighted by molar-refractivity contribution is 5.71. The van der Waals surface area contributed by atoms with Gasteiger partial charge in [0.05, 0.1) is 16.9 Å². The highest BCUT2D eigenvalue weighted by Crippen LogP contribution is 2.26. The van der Waals surface area contributed by atoms with Gasteiger partial charge in [-0.1, -0.05) is 12.1 Å². The summed E-state index contributed by atoms with van der Waals surface area (Å²) in [4.78, 5) is 39.5. The summed E-state index contributed by atoms with van der Waals surface area (Å²) in [5.41, 5.74) is -0.368. The Balaban J connectivity index is 2.60. The van der Waals surface area contributed by atoms with Gasteiger partial charge < -0.3 is 10.1 Å². The Morgan fingerprint density at radius 1 is 1.43 bits per heavy atom. The molecule has 1 heterocycles. The van der Waals surface area contributed by atoms with Crippen molar-refractivity contribution in [1.82, 2.24) is 9.97 Å². The van der Waals surface area contributed by atoms with Gasteiger partial charge in [0.15, 0.2) is 0 Å².